The van der Waals surface area contributed by atoms with Gasteiger partial charge in [-0.25, -0.2) is 0 Å². The highest BCUT2D eigenvalue weighted by molar-refractivity contribution is 8.77. The van der Waals surface area contributed by atoms with Crippen LogP contribution < -0.4 is 20.1 Å². The number of para-hydroxylation sites is 2. The van der Waals surface area contributed by atoms with Crippen molar-refractivity contribution < 1.29 is 9.47 Å². The first kappa shape index (κ1) is 27.2. The van der Waals surface area contributed by atoms with Crippen molar-refractivity contribution >= 4 is 46.4 Å². The molecule has 2 aromatic rings. The molecule has 0 spiro atoms. The second-order valence-electron chi connectivity index (χ2n) is 5.86. The Hall–Kier alpha value is -0.760. The minimum atomic E-state index is 0. The summed E-state index contributed by atoms with van der Waals surface area (Å²) >= 11 is 0. The maximum absolute atomic E-state index is 5.40. The highest BCUT2D eigenvalue weighted by atomic mass is 35.5. The fraction of sp³-hybridized carbons (Fsp3) is 0.400. The van der Waals surface area contributed by atoms with Gasteiger partial charge < -0.3 is 20.1 Å². The van der Waals surface area contributed by atoms with Gasteiger partial charge in [0.15, 0.2) is 0 Å². The Morgan fingerprint density at radius 2 is 1.07 bits per heavy atom. The third-order valence-electron chi connectivity index (χ3n) is 3.89. The van der Waals surface area contributed by atoms with Crippen molar-refractivity contribution in [2.24, 2.45) is 0 Å². The Bertz CT molecular complexity index is 623. The number of benzene rings is 2. The van der Waals surface area contributed by atoms with Gasteiger partial charge in [0.2, 0.25) is 0 Å². The van der Waals surface area contributed by atoms with Crippen LogP contribution in [0.4, 0.5) is 0 Å². The maximum Gasteiger partial charge on any atom is 0.123 e. The van der Waals surface area contributed by atoms with Gasteiger partial charge in [0.1, 0.15) is 11.5 Å². The van der Waals surface area contributed by atoms with Gasteiger partial charge in [-0.1, -0.05) is 58.0 Å². The van der Waals surface area contributed by atoms with Crippen LogP contribution >= 0.6 is 46.4 Å². The molecule has 28 heavy (non-hydrogen) atoms. The van der Waals surface area contributed by atoms with Crippen molar-refractivity contribution in [1.82, 2.24) is 10.6 Å². The summed E-state index contributed by atoms with van der Waals surface area (Å²) in [5, 5.41) is 7.74. The van der Waals surface area contributed by atoms with Gasteiger partial charge in [-0.15, -0.1) is 24.8 Å². The Balaban J connectivity index is 0.00000364. The number of hydrogen-bond donors (Lipinski definition) is 2. The van der Waals surface area contributed by atoms with Crippen LogP contribution in [0.25, 0.3) is 0 Å². The fourth-order valence-corrected chi connectivity index (χ4v) is 4.48. The van der Waals surface area contributed by atoms with Crippen LogP contribution in [0, 0.1) is 0 Å². The van der Waals surface area contributed by atoms with Crippen molar-refractivity contribution in [3.05, 3.63) is 59.7 Å². The van der Waals surface area contributed by atoms with E-state index in [4.69, 9.17) is 9.47 Å². The highest BCUT2D eigenvalue weighted by Gasteiger charge is 2.10. The van der Waals surface area contributed by atoms with Crippen LogP contribution in [0.15, 0.2) is 48.5 Å². The number of nitrogens with one attached hydrogen (secondary N) is 2. The SMILES string of the molecule is COc1ccccc1CNC(C)SSC(C)NCc1ccccc1OC.Cl.Cl. The summed E-state index contributed by atoms with van der Waals surface area (Å²) in [6.07, 6.45) is 0. The van der Waals surface area contributed by atoms with E-state index in [0.29, 0.717) is 10.7 Å². The number of hydrogen-bond acceptors (Lipinski definition) is 6. The van der Waals surface area contributed by atoms with Crippen LogP contribution in [0.2, 0.25) is 0 Å². The topological polar surface area (TPSA) is 42.5 Å². The molecule has 0 aromatic heterocycles. The molecule has 2 N–H and O–H groups in total. The van der Waals surface area contributed by atoms with Crippen molar-refractivity contribution in [2.75, 3.05) is 14.2 Å². The molecule has 4 nitrogen and oxygen atoms in total. The van der Waals surface area contributed by atoms with E-state index in [1.807, 2.05) is 58.0 Å². The van der Waals surface area contributed by atoms with E-state index < -0.39 is 0 Å². The van der Waals surface area contributed by atoms with Crippen molar-refractivity contribution in [3.8, 4) is 11.5 Å². The van der Waals surface area contributed by atoms with E-state index in [0.717, 1.165) is 24.6 Å². The van der Waals surface area contributed by atoms with Crippen LogP contribution in [-0.4, -0.2) is 25.0 Å². The lowest BCUT2D eigenvalue weighted by atomic mass is 10.2. The molecule has 158 valence electrons. The lowest BCUT2D eigenvalue weighted by Crippen LogP contribution is -2.25. The monoisotopic (exact) mass is 464 g/mol. The van der Waals surface area contributed by atoms with E-state index in [9.17, 15) is 0 Å². The molecule has 0 aliphatic rings. The van der Waals surface area contributed by atoms with Crippen LogP contribution in [0.5, 0.6) is 11.5 Å². The van der Waals surface area contributed by atoms with Crippen LogP contribution in [0.1, 0.15) is 25.0 Å². The number of ether oxygens (including phenoxy) is 2. The molecule has 0 saturated heterocycles. The van der Waals surface area contributed by atoms with Crippen LogP contribution in [-0.2, 0) is 13.1 Å². The van der Waals surface area contributed by atoms with Gasteiger partial charge in [-0.05, 0) is 26.0 Å². The zero-order chi connectivity index (χ0) is 18.8. The molecule has 8 heteroatoms. The standard InChI is InChI=1S/C20H28N2O2S2.2ClH/c1-15(21-13-17-9-5-7-11-19(17)23-3)25-26-16(2)22-14-18-10-6-8-12-20(18)24-4;;/h5-12,15-16,21-22H,13-14H2,1-4H3;2*1H. The smallest absolute Gasteiger partial charge is 0.123 e. The van der Waals surface area contributed by atoms with Gasteiger partial charge in [0.05, 0.1) is 25.0 Å². The first-order chi connectivity index (χ1) is 12.6. The van der Waals surface area contributed by atoms with Gasteiger partial charge in [-0.2, -0.15) is 0 Å². The number of rotatable bonds is 11. The Kier molecular flexibility index (Phi) is 14.7. The van der Waals surface area contributed by atoms with Crippen molar-refractivity contribution in [2.45, 2.75) is 37.7 Å². The summed E-state index contributed by atoms with van der Waals surface area (Å²) < 4.78 is 10.8. The highest BCUT2D eigenvalue weighted by Crippen LogP contribution is 2.29. The molecular weight excluding hydrogens is 435 g/mol. The third-order valence-corrected chi connectivity index (χ3v) is 6.98. The van der Waals surface area contributed by atoms with Crippen molar-refractivity contribution in [1.29, 1.82) is 0 Å². The molecule has 2 atom stereocenters. The van der Waals surface area contributed by atoms with E-state index in [-0.39, 0.29) is 24.8 Å². The molecular formula is C20H30Cl2N2O2S2. The maximum atomic E-state index is 5.40. The predicted molar refractivity (Wildman–Crippen MR) is 128 cm³/mol. The van der Waals surface area contributed by atoms with Crippen LogP contribution in [0.3, 0.4) is 0 Å². The second kappa shape index (κ2) is 15.1. The zero-order valence-electron chi connectivity index (χ0n) is 16.6. The van der Waals surface area contributed by atoms with E-state index >= 15 is 0 Å². The minimum absolute atomic E-state index is 0. The summed E-state index contributed by atoms with van der Waals surface area (Å²) in [6, 6.07) is 16.2. The zero-order valence-corrected chi connectivity index (χ0v) is 19.9. The number of methoxy groups -OCH3 is 2. The summed E-state index contributed by atoms with van der Waals surface area (Å²) in [7, 11) is 7.09. The largest absolute Gasteiger partial charge is 0.496 e. The quantitative estimate of drug-likeness (QED) is 0.338. The Labute approximate surface area is 189 Å². The van der Waals surface area contributed by atoms with E-state index in [1.54, 1.807) is 14.2 Å². The predicted octanol–water partition coefficient (Wildman–Crippen LogP) is 5.50. The molecule has 0 amide bonds. The van der Waals surface area contributed by atoms with Gasteiger partial charge >= 0.3 is 0 Å². The second-order valence-corrected chi connectivity index (χ2v) is 8.82. The third kappa shape index (κ3) is 9.16. The molecule has 0 radical (unpaired) electrons. The van der Waals surface area contributed by atoms with Gasteiger partial charge in [0, 0.05) is 24.2 Å². The molecule has 0 bridgehead atoms. The average Bonchev–Trinajstić information content (AvgIpc) is 2.69. The molecule has 0 saturated carbocycles. The molecule has 2 rings (SSSR count). The molecule has 0 fully saturated rings. The first-order valence-corrected chi connectivity index (χ1v) is 10.9. The number of halogens is 2. The summed E-state index contributed by atoms with van der Waals surface area (Å²) in [6.45, 7) is 5.95. The van der Waals surface area contributed by atoms with Crippen molar-refractivity contribution in [3.63, 3.8) is 0 Å². The van der Waals surface area contributed by atoms with Gasteiger partial charge in [0.25, 0.3) is 0 Å². The average molecular weight is 466 g/mol. The molecule has 0 aliphatic heterocycles. The first-order valence-electron chi connectivity index (χ1n) is 8.66. The summed E-state index contributed by atoms with van der Waals surface area (Å²) in [5.74, 6) is 1.85. The van der Waals surface area contributed by atoms with E-state index in [2.05, 4.69) is 36.6 Å². The Morgan fingerprint density at radius 1 is 0.714 bits per heavy atom. The molecule has 0 heterocycles. The van der Waals surface area contributed by atoms with E-state index in [1.165, 1.54) is 11.1 Å². The molecule has 0 aliphatic carbocycles. The Morgan fingerprint density at radius 3 is 1.43 bits per heavy atom. The molecule has 2 aromatic carbocycles. The minimum Gasteiger partial charge on any atom is -0.496 e. The summed E-state index contributed by atoms with van der Waals surface area (Å²) in [4.78, 5) is 0. The van der Waals surface area contributed by atoms with Gasteiger partial charge in [-0.3, -0.25) is 0 Å². The lowest BCUT2D eigenvalue weighted by molar-refractivity contribution is 0.407. The normalized spacial score (nSPS) is 12.3. The fourth-order valence-electron chi connectivity index (χ4n) is 2.44. The lowest BCUT2D eigenvalue weighted by Gasteiger charge is -2.18. The summed E-state index contributed by atoms with van der Waals surface area (Å²) in [5.41, 5.74) is 2.35. The molecule has 2 unspecified atom stereocenters.